The molecule has 5 nitrogen and oxygen atoms in total. The van der Waals surface area contributed by atoms with Crippen LogP contribution in [0.25, 0.3) is 0 Å². The number of rotatable bonds is 3. The molecule has 0 saturated carbocycles. The number of amides is 1. The molecule has 0 atom stereocenters. The van der Waals surface area contributed by atoms with Crippen molar-refractivity contribution in [3.05, 3.63) is 58.6 Å². The van der Waals surface area contributed by atoms with E-state index in [-0.39, 0.29) is 12.5 Å². The molecule has 124 valence electrons. The number of anilines is 1. The lowest BCUT2D eigenvalue weighted by Crippen LogP contribution is -2.40. The fourth-order valence-corrected chi connectivity index (χ4v) is 2.68. The van der Waals surface area contributed by atoms with Crippen LogP contribution in [-0.2, 0) is 9.53 Å². The molecule has 0 unspecified atom stereocenters. The third-order valence-electron chi connectivity index (χ3n) is 3.67. The predicted octanol–water partition coefficient (Wildman–Crippen LogP) is 3.23. The maximum Gasteiger partial charge on any atom is 0.338 e. The molecule has 24 heavy (non-hydrogen) atoms. The van der Waals surface area contributed by atoms with E-state index in [0.717, 1.165) is 5.56 Å². The molecule has 3 rings (SSSR count). The molecule has 0 spiro atoms. The lowest BCUT2D eigenvalue weighted by atomic mass is 10.1. The summed E-state index contributed by atoms with van der Waals surface area (Å²) in [6.07, 6.45) is 0. The van der Waals surface area contributed by atoms with E-state index in [0.29, 0.717) is 35.2 Å². The van der Waals surface area contributed by atoms with Crippen molar-refractivity contribution < 1.29 is 19.1 Å². The molecule has 0 saturated heterocycles. The number of carbonyl (C=O) groups is 2. The second-order valence-corrected chi connectivity index (χ2v) is 5.89. The zero-order chi connectivity index (χ0) is 17.1. The van der Waals surface area contributed by atoms with Crippen molar-refractivity contribution in [2.24, 2.45) is 0 Å². The fourth-order valence-electron chi connectivity index (χ4n) is 2.49. The molecular weight excluding hydrogens is 330 g/mol. The Balaban J connectivity index is 1.68. The van der Waals surface area contributed by atoms with Crippen LogP contribution < -0.4 is 9.64 Å². The van der Waals surface area contributed by atoms with Crippen molar-refractivity contribution >= 4 is 29.2 Å². The Kier molecular flexibility index (Phi) is 4.71. The molecule has 0 bridgehead atoms. The minimum absolute atomic E-state index is 0.291. The number of esters is 1. The summed E-state index contributed by atoms with van der Waals surface area (Å²) < 4.78 is 10.7. The van der Waals surface area contributed by atoms with Gasteiger partial charge in [0.25, 0.3) is 5.91 Å². The minimum atomic E-state index is -0.580. The molecule has 0 aromatic heterocycles. The van der Waals surface area contributed by atoms with Crippen LogP contribution in [0.3, 0.4) is 0 Å². The Bertz CT molecular complexity index is 790. The van der Waals surface area contributed by atoms with Gasteiger partial charge in [0.05, 0.1) is 17.8 Å². The molecule has 0 N–H and O–H groups in total. The van der Waals surface area contributed by atoms with Gasteiger partial charge in [-0.1, -0.05) is 23.7 Å². The lowest BCUT2D eigenvalue weighted by molar-refractivity contribution is -0.121. The summed E-state index contributed by atoms with van der Waals surface area (Å²) in [7, 11) is 0. The lowest BCUT2D eigenvalue weighted by Gasteiger charge is -2.29. The number of hydrogen-bond acceptors (Lipinski definition) is 4. The van der Waals surface area contributed by atoms with E-state index >= 15 is 0 Å². The second-order valence-electron chi connectivity index (χ2n) is 5.45. The normalized spacial score (nSPS) is 13.0. The first-order chi connectivity index (χ1) is 11.5. The predicted molar refractivity (Wildman–Crippen MR) is 90.8 cm³/mol. The van der Waals surface area contributed by atoms with E-state index in [9.17, 15) is 9.59 Å². The van der Waals surface area contributed by atoms with E-state index in [2.05, 4.69) is 0 Å². The highest BCUT2D eigenvalue weighted by Gasteiger charge is 2.24. The maximum atomic E-state index is 12.4. The third kappa shape index (κ3) is 3.51. The van der Waals surface area contributed by atoms with Crippen LogP contribution in [0.5, 0.6) is 5.75 Å². The Morgan fingerprint density at radius 2 is 2.08 bits per heavy atom. The number of benzene rings is 2. The summed E-state index contributed by atoms with van der Waals surface area (Å²) in [6.45, 7) is 2.43. The van der Waals surface area contributed by atoms with Gasteiger partial charge in [0.15, 0.2) is 6.61 Å². The van der Waals surface area contributed by atoms with Crippen molar-refractivity contribution in [2.45, 2.75) is 6.92 Å². The molecule has 1 aliphatic heterocycles. The summed E-state index contributed by atoms with van der Waals surface area (Å²) >= 11 is 5.85. The van der Waals surface area contributed by atoms with Gasteiger partial charge in [0, 0.05) is 5.02 Å². The van der Waals surface area contributed by atoms with Crippen LogP contribution in [0, 0.1) is 6.92 Å². The highest BCUT2D eigenvalue weighted by Crippen LogP contribution is 2.32. The van der Waals surface area contributed by atoms with Crippen molar-refractivity contribution in [3.8, 4) is 5.75 Å². The van der Waals surface area contributed by atoms with Gasteiger partial charge >= 0.3 is 5.97 Å². The van der Waals surface area contributed by atoms with Crippen LogP contribution >= 0.6 is 11.6 Å². The number of halogens is 1. The van der Waals surface area contributed by atoms with Crippen LogP contribution in [0.1, 0.15) is 15.9 Å². The monoisotopic (exact) mass is 345 g/mol. The number of hydrogen-bond donors (Lipinski definition) is 0. The Labute approximate surface area is 144 Å². The number of fused-ring (bicyclic) bond motifs is 1. The smallest absolute Gasteiger partial charge is 0.338 e. The van der Waals surface area contributed by atoms with E-state index in [1.807, 2.05) is 25.1 Å². The Morgan fingerprint density at radius 3 is 2.88 bits per heavy atom. The highest BCUT2D eigenvalue weighted by atomic mass is 35.5. The highest BCUT2D eigenvalue weighted by molar-refractivity contribution is 6.30. The molecule has 1 amide bonds. The van der Waals surface area contributed by atoms with Gasteiger partial charge in [-0.25, -0.2) is 4.79 Å². The maximum absolute atomic E-state index is 12.4. The molecule has 1 heterocycles. The summed E-state index contributed by atoms with van der Waals surface area (Å²) in [4.78, 5) is 26.0. The van der Waals surface area contributed by atoms with Crippen LogP contribution in [0.4, 0.5) is 5.69 Å². The van der Waals surface area contributed by atoms with Crippen LogP contribution in [-0.4, -0.2) is 31.6 Å². The minimum Gasteiger partial charge on any atom is -0.490 e. The SMILES string of the molecule is Cc1ccc2c(c1)N(C(=O)COC(=O)c1cccc(Cl)c1)CCO2. The zero-order valence-electron chi connectivity index (χ0n) is 13.1. The van der Waals surface area contributed by atoms with E-state index in [1.165, 1.54) is 6.07 Å². The van der Waals surface area contributed by atoms with Gasteiger partial charge in [-0.2, -0.15) is 0 Å². The van der Waals surface area contributed by atoms with Crippen LogP contribution in [0.15, 0.2) is 42.5 Å². The van der Waals surface area contributed by atoms with Gasteiger partial charge in [0.2, 0.25) is 0 Å². The third-order valence-corrected chi connectivity index (χ3v) is 3.90. The number of aryl methyl sites for hydroxylation is 1. The number of nitrogens with zero attached hydrogens (tertiary/aromatic N) is 1. The molecule has 2 aromatic rings. The van der Waals surface area contributed by atoms with Crippen molar-refractivity contribution in [1.29, 1.82) is 0 Å². The average molecular weight is 346 g/mol. The molecule has 1 aliphatic rings. The van der Waals surface area contributed by atoms with Crippen molar-refractivity contribution in [2.75, 3.05) is 24.7 Å². The second kappa shape index (κ2) is 6.93. The summed E-state index contributed by atoms with van der Waals surface area (Å²) in [5.41, 5.74) is 2.03. The van der Waals surface area contributed by atoms with E-state index in [1.54, 1.807) is 23.1 Å². The first-order valence-corrected chi connectivity index (χ1v) is 7.89. The van der Waals surface area contributed by atoms with Crippen molar-refractivity contribution in [1.82, 2.24) is 0 Å². The van der Waals surface area contributed by atoms with Gasteiger partial charge in [-0.3, -0.25) is 4.79 Å². The molecule has 0 radical (unpaired) electrons. The Hall–Kier alpha value is -2.53. The number of ether oxygens (including phenoxy) is 2. The summed E-state index contributed by atoms with van der Waals surface area (Å²) in [5.74, 6) is -0.217. The summed E-state index contributed by atoms with van der Waals surface area (Å²) in [5, 5.41) is 0.438. The molecule has 6 heteroatoms. The van der Waals surface area contributed by atoms with E-state index < -0.39 is 5.97 Å². The van der Waals surface area contributed by atoms with Gasteiger partial charge < -0.3 is 14.4 Å². The standard InChI is InChI=1S/C18H16ClNO4/c1-12-5-6-16-15(9-12)20(7-8-23-16)17(21)11-24-18(22)13-3-2-4-14(19)10-13/h2-6,9-10H,7-8,11H2,1H3. The van der Waals surface area contributed by atoms with Gasteiger partial charge in [0.1, 0.15) is 12.4 Å². The van der Waals surface area contributed by atoms with Gasteiger partial charge in [-0.05, 0) is 42.8 Å². The Morgan fingerprint density at radius 1 is 1.25 bits per heavy atom. The first-order valence-electron chi connectivity index (χ1n) is 7.51. The fraction of sp³-hybridized carbons (Fsp3) is 0.222. The van der Waals surface area contributed by atoms with Crippen LogP contribution in [0.2, 0.25) is 5.02 Å². The van der Waals surface area contributed by atoms with E-state index in [4.69, 9.17) is 21.1 Å². The largest absolute Gasteiger partial charge is 0.490 e. The molecule has 0 aliphatic carbocycles. The van der Waals surface area contributed by atoms with Gasteiger partial charge in [-0.15, -0.1) is 0 Å². The number of carbonyl (C=O) groups excluding carboxylic acids is 2. The molecule has 2 aromatic carbocycles. The molecule has 0 fully saturated rings. The zero-order valence-corrected chi connectivity index (χ0v) is 13.9. The quantitative estimate of drug-likeness (QED) is 0.801. The first kappa shape index (κ1) is 16.3. The van der Waals surface area contributed by atoms with Crippen molar-refractivity contribution in [3.63, 3.8) is 0 Å². The summed E-state index contributed by atoms with van der Waals surface area (Å²) in [6, 6.07) is 12.0. The topological polar surface area (TPSA) is 55.8 Å². The molecular formula is C18H16ClNO4. The average Bonchev–Trinajstić information content (AvgIpc) is 2.58.